The highest BCUT2D eigenvalue weighted by molar-refractivity contribution is 5.49. The zero-order valence-electron chi connectivity index (χ0n) is 10.3. The fraction of sp³-hybridized carbons (Fsp3) is 0.545. The quantitative estimate of drug-likeness (QED) is 0.607. The van der Waals surface area contributed by atoms with Crippen molar-refractivity contribution < 1.29 is 9.66 Å². The molecule has 0 bridgehead atoms. The molecule has 1 aromatic heterocycles. The van der Waals surface area contributed by atoms with Gasteiger partial charge >= 0.3 is 0 Å². The third kappa shape index (κ3) is 3.99. The Morgan fingerprint density at radius 1 is 1.65 bits per heavy atom. The summed E-state index contributed by atoms with van der Waals surface area (Å²) in [5.41, 5.74) is 0.629. The number of anilines is 1. The molecule has 0 saturated heterocycles. The molecule has 0 saturated carbocycles. The van der Waals surface area contributed by atoms with Crippen LogP contribution in [0.25, 0.3) is 0 Å². The summed E-state index contributed by atoms with van der Waals surface area (Å²) in [5, 5.41) is 13.8. The summed E-state index contributed by atoms with van der Waals surface area (Å²) in [6.07, 6.45) is 1.49. The Labute approximate surface area is 100 Å². The van der Waals surface area contributed by atoms with E-state index in [4.69, 9.17) is 4.74 Å². The minimum Gasteiger partial charge on any atom is -0.380 e. The molecule has 1 rings (SSSR count). The van der Waals surface area contributed by atoms with Crippen LogP contribution in [0.3, 0.4) is 0 Å². The van der Waals surface area contributed by atoms with Crippen molar-refractivity contribution in [2.24, 2.45) is 0 Å². The van der Waals surface area contributed by atoms with E-state index in [0.717, 1.165) is 0 Å². The van der Waals surface area contributed by atoms with Gasteiger partial charge in [-0.2, -0.15) is 0 Å². The van der Waals surface area contributed by atoms with Gasteiger partial charge in [0.2, 0.25) is 0 Å². The highest BCUT2D eigenvalue weighted by Gasteiger charge is 2.13. The third-order valence-corrected chi connectivity index (χ3v) is 2.24. The molecule has 94 valence electrons. The molecule has 0 radical (unpaired) electrons. The van der Waals surface area contributed by atoms with Crippen LogP contribution in [0.1, 0.15) is 19.4 Å². The third-order valence-electron chi connectivity index (χ3n) is 2.24. The summed E-state index contributed by atoms with van der Waals surface area (Å²) in [4.78, 5) is 14.4. The van der Waals surface area contributed by atoms with E-state index in [1.807, 2.05) is 13.8 Å². The molecule has 0 aliphatic rings. The standard InChI is InChI=1S/C11H17N3O3/c1-4-17-7-9(3)13-11-5-10(14(15)16)8(2)6-12-11/h5-6,9H,4,7H2,1-3H3,(H,12,13). The Morgan fingerprint density at radius 2 is 2.35 bits per heavy atom. The fourth-order valence-corrected chi connectivity index (χ4v) is 1.38. The molecule has 6 nitrogen and oxygen atoms in total. The van der Waals surface area contributed by atoms with Crippen molar-refractivity contribution >= 4 is 11.5 Å². The number of nitrogens with zero attached hydrogens (tertiary/aromatic N) is 2. The lowest BCUT2D eigenvalue weighted by Gasteiger charge is -2.14. The second-order valence-electron chi connectivity index (χ2n) is 3.82. The van der Waals surface area contributed by atoms with Crippen molar-refractivity contribution in [1.82, 2.24) is 4.98 Å². The Morgan fingerprint density at radius 3 is 2.94 bits per heavy atom. The van der Waals surface area contributed by atoms with E-state index in [9.17, 15) is 10.1 Å². The van der Waals surface area contributed by atoms with Crippen LogP contribution < -0.4 is 5.32 Å². The fourth-order valence-electron chi connectivity index (χ4n) is 1.38. The maximum absolute atomic E-state index is 10.8. The van der Waals surface area contributed by atoms with Crippen molar-refractivity contribution in [3.63, 3.8) is 0 Å². The number of aryl methyl sites for hydroxylation is 1. The summed E-state index contributed by atoms with van der Waals surface area (Å²) in [6.45, 7) is 6.70. The molecule has 0 fully saturated rings. The van der Waals surface area contributed by atoms with Gasteiger partial charge in [-0.25, -0.2) is 4.98 Å². The number of pyridine rings is 1. The predicted octanol–water partition coefficient (Wildman–Crippen LogP) is 2.14. The van der Waals surface area contributed by atoms with E-state index >= 15 is 0 Å². The molecule has 0 aromatic carbocycles. The molecule has 1 atom stereocenters. The Balaban J connectivity index is 2.72. The van der Waals surface area contributed by atoms with Gasteiger partial charge in [-0.05, 0) is 20.8 Å². The minimum absolute atomic E-state index is 0.0600. The van der Waals surface area contributed by atoms with Crippen LogP contribution in [0.2, 0.25) is 0 Å². The topological polar surface area (TPSA) is 77.3 Å². The Hall–Kier alpha value is -1.69. The first-order valence-corrected chi connectivity index (χ1v) is 5.50. The monoisotopic (exact) mass is 239 g/mol. The molecule has 6 heteroatoms. The first-order valence-electron chi connectivity index (χ1n) is 5.50. The number of aromatic nitrogens is 1. The summed E-state index contributed by atoms with van der Waals surface area (Å²) in [6, 6.07) is 1.50. The number of ether oxygens (including phenoxy) is 1. The largest absolute Gasteiger partial charge is 0.380 e. The van der Waals surface area contributed by atoms with E-state index < -0.39 is 4.92 Å². The molecule has 1 N–H and O–H groups in total. The highest BCUT2D eigenvalue weighted by Crippen LogP contribution is 2.20. The number of nitro groups is 1. The molecule has 0 aliphatic heterocycles. The number of hydrogen-bond acceptors (Lipinski definition) is 5. The van der Waals surface area contributed by atoms with Gasteiger partial charge in [-0.1, -0.05) is 0 Å². The van der Waals surface area contributed by atoms with E-state index in [1.165, 1.54) is 12.3 Å². The second-order valence-corrected chi connectivity index (χ2v) is 3.82. The molecular weight excluding hydrogens is 222 g/mol. The molecule has 1 aromatic rings. The Kier molecular flexibility index (Phi) is 4.84. The normalized spacial score (nSPS) is 12.2. The Bertz CT molecular complexity index is 396. The first kappa shape index (κ1) is 13.4. The average Bonchev–Trinajstić information content (AvgIpc) is 2.28. The minimum atomic E-state index is -0.407. The predicted molar refractivity (Wildman–Crippen MR) is 65.2 cm³/mol. The molecule has 17 heavy (non-hydrogen) atoms. The van der Waals surface area contributed by atoms with Gasteiger partial charge in [0, 0.05) is 24.4 Å². The van der Waals surface area contributed by atoms with E-state index in [1.54, 1.807) is 6.92 Å². The summed E-state index contributed by atoms with van der Waals surface area (Å²) < 4.78 is 5.24. The van der Waals surface area contributed by atoms with Gasteiger partial charge in [0.15, 0.2) is 0 Å². The van der Waals surface area contributed by atoms with Crippen LogP contribution in [0.5, 0.6) is 0 Å². The van der Waals surface area contributed by atoms with Crippen molar-refractivity contribution in [3.8, 4) is 0 Å². The van der Waals surface area contributed by atoms with Crippen molar-refractivity contribution in [3.05, 3.63) is 27.9 Å². The molecular formula is C11H17N3O3. The van der Waals surface area contributed by atoms with Gasteiger partial charge in [-0.3, -0.25) is 10.1 Å². The smallest absolute Gasteiger partial charge is 0.277 e. The maximum atomic E-state index is 10.8. The maximum Gasteiger partial charge on any atom is 0.277 e. The van der Waals surface area contributed by atoms with Crippen molar-refractivity contribution in [2.75, 3.05) is 18.5 Å². The number of rotatable bonds is 6. The number of hydrogen-bond donors (Lipinski definition) is 1. The van der Waals surface area contributed by atoms with E-state index in [2.05, 4.69) is 10.3 Å². The van der Waals surface area contributed by atoms with Gasteiger partial charge in [-0.15, -0.1) is 0 Å². The lowest BCUT2D eigenvalue weighted by molar-refractivity contribution is -0.385. The lowest BCUT2D eigenvalue weighted by atomic mass is 10.2. The molecule has 1 unspecified atom stereocenters. The second kappa shape index (κ2) is 6.15. The van der Waals surface area contributed by atoms with Crippen LogP contribution in [0.4, 0.5) is 11.5 Å². The van der Waals surface area contributed by atoms with Gasteiger partial charge in [0.05, 0.1) is 17.6 Å². The van der Waals surface area contributed by atoms with Crippen molar-refractivity contribution in [1.29, 1.82) is 0 Å². The van der Waals surface area contributed by atoms with E-state index in [0.29, 0.717) is 24.6 Å². The summed E-state index contributed by atoms with van der Waals surface area (Å²) in [5.74, 6) is 0.495. The van der Waals surface area contributed by atoms with E-state index in [-0.39, 0.29) is 11.7 Å². The molecule has 0 aliphatic carbocycles. The molecule has 1 heterocycles. The highest BCUT2D eigenvalue weighted by atomic mass is 16.6. The average molecular weight is 239 g/mol. The van der Waals surface area contributed by atoms with Crippen LogP contribution in [0, 0.1) is 17.0 Å². The van der Waals surface area contributed by atoms with Crippen LogP contribution in [0.15, 0.2) is 12.3 Å². The zero-order chi connectivity index (χ0) is 12.8. The van der Waals surface area contributed by atoms with Gasteiger partial charge < -0.3 is 10.1 Å². The number of nitrogens with one attached hydrogen (secondary N) is 1. The van der Waals surface area contributed by atoms with Crippen LogP contribution in [-0.2, 0) is 4.74 Å². The first-order chi connectivity index (χ1) is 8.04. The summed E-state index contributed by atoms with van der Waals surface area (Å²) >= 11 is 0. The lowest BCUT2D eigenvalue weighted by Crippen LogP contribution is -2.22. The SMILES string of the molecule is CCOCC(C)Nc1cc([N+](=O)[O-])c(C)cn1. The van der Waals surface area contributed by atoms with Crippen LogP contribution >= 0.6 is 0 Å². The van der Waals surface area contributed by atoms with Gasteiger partial charge in [0.1, 0.15) is 5.82 Å². The molecule has 0 amide bonds. The molecule has 0 spiro atoms. The summed E-state index contributed by atoms with van der Waals surface area (Å²) in [7, 11) is 0. The zero-order valence-corrected chi connectivity index (χ0v) is 10.3. The van der Waals surface area contributed by atoms with Crippen LogP contribution in [-0.4, -0.2) is 29.2 Å². The van der Waals surface area contributed by atoms with Gasteiger partial charge in [0.25, 0.3) is 5.69 Å². The van der Waals surface area contributed by atoms with Crippen molar-refractivity contribution in [2.45, 2.75) is 26.8 Å².